The highest BCUT2D eigenvalue weighted by Crippen LogP contribution is 2.28. The first kappa shape index (κ1) is 13.6. The molecular weight excluding hydrogens is 244 g/mol. The highest BCUT2D eigenvalue weighted by atomic mass is 16.6. The van der Waals surface area contributed by atoms with Crippen LogP contribution < -0.4 is 5.73 Å². The van der Waals surface area contributed by atoms with Crippen LogP contribution in [-0.2, 0) is 4.79 Å². The number of hydrogen-bond donors (Lipinski definition) is 1. The number of nitrogens with two attached hydrogens (primary N) is 1. The number of carbonyl (C=O) groups excluding carboxylic acids is 1. The molecule has 1 unspecified atom stereocenters. The average molecular weight is 256 g/mol. The quantitative estimate of drug-likeness (QED) is 0.601. The Bertz CT molecular complexity index is 495. The molecular formula is C9H12N4O5. The number of rotatable bonds is 6. The summed E-state index contributed by atoms with van der Waals surface area (Å²) in [5.41, 5.74) is 4.63. The molecule has 1 aromatic heterocycles. The van der Waals surface area contributed by atoms with Crippen molar-refractivity contribution in [3.05, 3.63) is 32.5 Å². The van der Waals surface area contributed by atoms with Gasteiger partial charge in [-0.3, -0.25) is 14.9 Å². The van der Waals surface area contributed by atoms with E-state index < -0.39 is 21.8 Å². The summed E-state index contributed by atoms with van der Waals surface area (Å²) in [5, 5.41) is 21.3. The van der Waals surface area contributed by atoms with E-state index in [2.05, 4.69) is 0 Å². The van der Waals surface area contributed by atoms with Crippen LogP contribution in [0.2, 0.25) is 0 Å². The lowest BCUT2D eigenvalue weighted by Crippen LogP contribution is -2.14. The Kier molecular flexibility index (Phi) is 3.97. The first-order valence-electron chi connectivity index (χ1n) is 5.12. The van der Waals surface area contributed by atoms with Crippen LogP contribution in [0.1, 0.15) is 25.8 Å². The van der Waals surface area contributed by atoms with Crippen molar-refractivity contribution >= 4 is 17.4 Å². The second kappa shape index (κ2) is 5.25. The van der Waals surface area contributed by atoms with Crippen molar-refractivity contribution < 1.29 is 14.6 Å². The minimum Gasteiger partial charge on any atom is -0.370 e. The molecule has 0 spiro atoms. The van der Waals surface area contributed by atoms with Gasteiger partial charge in [-0.15, -0.1) is 0 Å². The molecule has 0 aliphatic rings. The molecule has 1 heterocycles. The highest BCUT2D eigenvalue weighted by molar-refractivity contribution is 5.73. The maximum atomic E-state index is 10.8. The van der Waals surface area contributed by atoms with Crippen molar-refractivity contribution in [2.24, 2.45) is 5.73 Å². The first-order chi connectivity index (χ1) is 8.32. The SMILES string of the molecule is CC(CCC(N)=O)n1cc([N+](=O)[O-])cc1[N+](=O)[O-]. The smallest absolute Gasteiger partial charge is 0.330 e. The fourth-order valence-electron chi connectivity index (χ4n) is 1.54. The van der Waals surface area contributed by atoms with Crippen LogP contribution in [0.3, 0.4) is 0 Å². The van der Waals surface area contributed by atoms with E-state index in [9.17, 15) is 25.0 Å². The molecule has 0 bridgehead atoms. The lowest BCUT2D eigenvalue weighted by atomic mass is 10.2. The molecule has 0 aliphatic carbocycles. The third kappa shape index (κ3) is 3.03. The summed E-state index contributed by atoms with van der Waals surface area (Å²) in [4.78, 5) is 30.6. The highest BCUT2D eigenvalue weighted by Gasteiger charge is 2.26. The minimum absolute atomic E-state index is 0.0598. The van der Waals surface area contributed by atoms with Crippen molar-refractivity contribution in [1.29, 1.82) is 0 Å². The molecule has 98 valence electrons. The molecule has 0 saturated heterocycles. The molecule has 1 amide bonds. The Balaban J connectivity index is 3.01. The normalized spacial score (nSPS) is 12.1. The van der Waals surface area contributed by atoms with Crippen LogP contribution in [0.15, 0.2) is 12.3 Å². The van der Waals surface area contributed by atoms with Crippen molar-refractivity contribution in [2.45, 2.75) is 25.8 Å². The van der Waals surface area contributed by atoms with Gasteiger partial charge in [0.1, 0.15) is 6.07 Å². The van der Waals surface area contributed by atoms with E-state index in [1.165, 1.54) is 4.57 Å². The van der Waals surface area contributed by atoms with Gasteiger partial charge in [-0.05, 0) is 18.3 Å². The summed E-state index contributed by atoms with van der Waals surface area (Å²) in [7, 11) is 0. The van der Waals surface area contributed by atoms with Crippen LogP contribution in [-0.4, -0.2) is 20.3 Å². The molecule has 2 N–H and O–H groups in total. The topological polar surface area (TPSA) is 134 Å². The maximum absolute atomic E-state index is 10.8. The summed E-state index contributed by atoms with van der Waals surface area (Å²) in [5.74, 6) is -0.898. The summed E-state index contributed by atoms with van der Waals surface area (Å²) < 4.78 is 1.17. The summed E-state index contributed by atoms with van der Waals surface area (Å²) in [6.07, 6.45) is 1.43. The second-order valence-corrected chi connectivity index (χ2v) is 3.83. The fraction of sp³-hybridized carbons (Fsp3) is 0.444. The number of amides is 1. The zero-order valence-electron chi connectivity index (χ0n) is 9.61. The van der Waals surface area contributed by atoms with Gasteiger partial charge in [-0.25, -0.2) is 4.57 Å². The van der Waals surface area contributed by atoms with E-state index in [0.29, 0.717) is 0 Å². The number of nitrogens with zero attached hydrogens (tertiary/aromatic N) is 3. The number of primary amides is 1. The van der Waals surface area contributed by atoms with Crippen molar-refractivity contribution in [1.82, 2.24) is 4.57 Å². The van der Waals surface area contributed by atoms with Gasteiger partial charge in [-0.2, -0.15) is 0 Å². The van der Waals surface area contributed by atoms with Crippen molar-refractivity contribution in [2.75, 3.05) is 0 Å². The number of aromatic nitrogens is 1. The standard InChI is InChI=1S/C9H12N4O5/c1-6(2-3-8(10)14)11-5-7(12(15)16)4-9(11)13(17)18/h4-6H,2-3H2,1H3,(H2,10,14). The van der Waals surface area contributed by atoms with Crippen LogP contribution in [0.5, 0.6) is 0 Å². The van der Waals surface area contributed by atoms with Gasteiger partial charge in [0.25, 0.3) is 0 Å². The van der Waals surface area contributed by atoms with Crippen LogP contribution >= 0.6 is 0 Å². The Morgan fingerprint density at radius 2 is 2.06 bits per heavy atom. The monoisotopic (exact) mass is 256 g/mol. The van der Waals surface area contributed by atoms with E-state index in [1.54, 1.807) is 6.92 Å². The predicted octanol–water partition coefficient (Wildman–Crippen LogP) is 1.13. The third-order valence-electron chi connectivity index (χ3n) is 2.49. The first-order valence-corrected chi connectivity index (χ1v) is 5.12. The predicted molar refractivity (Wildman–Crippen MR) is 60.9 cm³/mol. The van der Waals surface area contributed by atoms with E-state index in [-0.39, 0.29) is 24.3 Å². The molecule has 0 saturated carbocycles. The molecule has 1 rings (SSSR count). The van der Waals surface area contributed by atoms with Crippen molar-refractivity contribution in [3.63, 3.8) is 0 Å². The molecule has 0 radical (unpaired) electrons. The molecule has 0 fully saturated rings. The van der Waals surface area contributed by atoms with E-state index in [0.717, 1.165) is 12.3 Å². The number of hydrogen-bond acceptors (Lipinski definition) is 5. The number of nitro groups is 2. The number of carbonyl (C=O) groups is 1. The Morgan fingerprint density at radius 1 is 1.44 bits per heavy atom. The van der Waals surface area contributed by atoms with Crippen molar-refractivity contribution in [3.8, 4) is 0 Å². The zero-order chi connectivity index (χ0) is 13.9. The van der Waals surface area contributed by atoms with Gasteiger partial charge in [0.15, 0.2) is 6.20 Å². The molecule has 1 atom stereocenters. The van der Waals surface area contributed by atoms with Gasteiger partial charge in [-0.1, -0.05) is 0 Å². The Hall–Kier alpha value is -2.45. The lowest BCUT2D eigenvalue weighted by Gasteiger charge is -2.08. The van der Waals surface area contributed by atoms with E-state index >= 15 is 0 Å². The minimum atomic E-state index is -0.704. The van der Waals surface area contributed by atoms with Gasteiger partial charge in [0.05, 0.1) is 11.0 Å². The van der Waals surface area contributed by atoms with Crippen LogP contribution in [0.4, 0.5) is 11.5 Å². The van der Waals surface area contributed by atoms with E-state index in [1.807, 2.05) is 0 Å². The molecule has 0 aliphatic heterocycles. The molecule has 1 aromatic rings. The van der Waals surface area contributed by atoms with Gasteiger partial charge in [0.2, 0.25) is 5.91 Å². The zero-order valence-corrected chi connectivity index (χ0v) is 9.61. The molecule has 9 heteroatoms. The molecule has 18 heavy (non-hydrogen) atoms. The van der Waals surface area contributed by atoms with Gasteiger partial charge in [0, 0.05) is 6.42 Å². The Labute approximate surface area is 101 Å². The largest absolute Gasteiger partial charge is 0.370 e. The fourth-order valence-corrected chi connectivity index (χ4v) is 1.54. The van der Waals surface area contributed by atoms with Crippen LogP contribution in [0.25, 0.3) is 0 Å². The molecule has 0 aromatic carbocycles. The summed E-state index contributed by atoms with van der Waals surface area (Å²) in [6, 6.07) is 0.465. The van der Waals surface area contributed by atoms with Gasteiger partial charge < -0.3 is 15.8 Å². The maximum Gasteiger partial charge on any atom is 0.330 e. The Morgan fingerprint density at radius 3 is 2.50 bits per heavy atom. The average Bonchev–Trinajstić information content (AvgIpc) is 2.70. The molecule has 9 nitrogen and oxygen atoms in total. The van der Waals surface area contributed by atoms with E-state index in [4.69, 9.17) is 5.73 Å². The third-order valence-corrected chi connectivity index (χ3v) is 2.49. The summed E-state index contributed by atoms with van der Waals surface area (Å²) in [6.45, 7) is 1.62. The lowest BCUT2D eigenvalue weighted by molar-refractivity contribution is -0.395. The van der Waals surface area contributed by atoms with Gasteiger partial charge >= 0.3 is 11.5 Å². The van der Waals surface area contributed by atoms with Crippen LogP contribution in [0, 0.1) is 20.2 Å². The second-order valence-electron chi connectivity index (χ2n) is 3.83. The summed E-state index contributed by atoms with van der Waals surface area (Å²) >= 11 is 0.